The van der Waals surface area contributed by atoms with Crippen molar-refractivity contribution in [2.45, 2.75) is 38.8 Å². The molecule has 0 spiro atoms. The number of nitrogens with zero attached hydrogens (tertiary/aromatic N) is 1. The van der Waals surface area contributed by atoms with Gasteiger partial charge in [0, 0.05) is 19.1 Å². The minimum absolute atomic E-state index is 0. The van der Waals surface area contributed by atoms with Crippen LogP contribution in [0.25, 0.3) is 0 Å². The lowest BCUT2D eigenvalue weighted by Crippen LogP contribution is -2.41. The van der Waals surface area contributed by atoms with E-state index >= 15 is 0 Å². The summed E-state index contributed by atoms with van der Waals surface area (Å²) in [6.45, 7) is 4.22. The Morgan fingerprint density at radius 1 is 1.42 bits per heavy atom. The molecule has 3 nitrogen and oxygen atoms in total. The third kappa shape index (κ3) is 4.79. The van der Waals surface area contributed by atoms with Crippen LogP contribution in [-0.4, -0.2) is 25.1 Å². The maximum Gasteiger partial charge on any atom is 0.191 e. The average Bonchev–Trinajstić information content (AvgIpc) is 2.69. The van der Waals surface area contributed by atoms with Crippen molar-refractivity contribution in [2.24, 2.45) is 4.99 Å². The van der Waals surface area contributed by atoms with Gasteiger partial charge in [-0.1, -0.05) is 0 Å². The molecule has 1 rings (SSSR count). The molecule has 0 aromatic heterocycles. The Labute approximate surface area is 91.4 Å². The molecule has 0 saturated heterocycles. The van der Waals surface area contributed by atoms with E-state index in [9.17, 15) is 0 Å². The molecule has 12 heavy (non-hydrogen) atoms. The van der Waals surface area contributed by atoms with Crippen LogP contribution in [0.1, 0.15) is 26.7 Å². The van der Waals surface area contributed by atoms with Crippen molar-refractivity contribution in [3.8, 4) is 0 Å². The summed E-state index contributed by atoms with van der Waals surface area (Å²) in [5, 5.41) is 6.55. The molecule has 4 heteroatoms. The zero-order valence-corrected chi connectivity index (χ0v) is 10.3. The van der Waals surface area contributed by atoms with Gasteiger partial charge in [-0.15, -0.1) is 24.0 Å². The van der Waals surface area contributed by atoms with E-state index < -0.39 is 0 Å². The third-order valence-corrected chi connectivity index (χ3v) is 1.57. The van der Waals surface area contributed by atoms with Gasteiger partial charge in [0.25, 0.3) is 0 Å². The Balaban J connectivity index is 0.00000121. The van der Waals surface area contributed by atoms with Gasteiger partial charge in [0.1, 0.15) is 0 Å². The Hall–Kier alpha value is 0. The van der Waals surface area contributed by atoms with Crippen LogP contribution in [0.5, 0.6) is 0 Å². The molecule has 2 N–H and O–H groups in total. The van der Waals surface area contributed by atoms with Crippen molar-refractivity contribution in [3.63, 3.8) is 0 Å². The summed E-state index contributed by atoms with van der Waals surface area (Å²) in [5.74, 6) is 0.933. The fourth-order valence-electron chi connectivity index (χ4n) is 0.865. The summed E-state index contributed by atoms with van der Waals surface area (Å²) < 4.78 is 0. The number of aliphatic imine (C=N–C) groups is 1. The highest BCUT2D eigenvalue weighted by molar-refractivity contribution is 14.0. The molecule has 0 aromatic carbocycles. The average molecular weight is 283 g/mol. The van der Waals surface area contributed by atoms with Crippen LogP contribution in [0.4, 0.5) is 0 Å². The third-order valence-electron chi connectivity index (χ3n) is 1.57. The zero-order valence-electron chi connectivity index (χ0n) is 7.92. The van der Waals surface area contributed by atoms with Crippen LogP contribution >= 0.6 is 24.0 Å². The minimum atomic E-state index is 0. The Morgan fingerprint density at radius 3 is 2.33 bits per heavy atom. The first-order valence-electron chi connectivity index (χ1n) is 4.22. The Kier molecular flexibility index (Phi) is 5.61. The van der Waals surface area contributed by atoms with E-state index in [1.54, 1.807) is 7.05 Å². The molecule has 0 bridgehead atoms. The molecule has 1 aliphatic rings. The van der Waals surface area contributed by atoms with Crippen molar-refractivity contribution in [3.05, 3.63) is 0 Å². The van der Waals surface area contributed by atoms with E-state index in [1.807, 2.05) is 0 Å². The molecule has 0 aromatic rings. The van der Waals surface area contributed by atoms with Crippen LogP contribution in [-0.2, 0) is 0 Å². The molecule has 0 amide bonds. The van der Waals surface area contributed by atoms with Gasteiger partial charge in [-0.3, -0.25) is 4.99 Å². The van der Waals surface area contributed by atoms with Gasteiger partial charge < -0.3 is 10.6 Å². The van der Waals surface area contributed by atoms with E-state index in [4.69, 9.17) is 0 Å². The van der Waals surface area contributed by atoms with E-state index in [0.29, 0.717) is 12.1 Å². The highest BCUT2D eigenvalue weighted by Gasteiger charge is 2.22. The second-order valence-corrected chi connectivity index (χ2v) is 3.29. The molecular weight excluding hydrogens is 265 g/mol. The first-order valence-corrected chi connectivity index (χ1v) is 4.22. The number of halogens is 1. The molecule has 1 fully saturated rings. The van der Waals surface area contributed by atoms with Gasteiger partial charge in [0.2, 0.25) is 0 Å². The van der Waals surface area contributed by atoms with Crippen molar-refractivity contribution >= 4 is 29.9 Å². The van der Waals surface area contributed by atoms with Gasteiger partial charge in [-0.2, -0.15) is 0 Å². The molecule has 0 radical (unpaired) electrons. The molecule has 0 atom stereocenters. The molecule has 0 unspecified atom stereocenters. The van der Waals surface area contributed by atoms with Gasteiger partial charge in [0.05, 0.1) is 0 Å². The molecule has 72 valence electrons. The number of hydrogen-bond acceptors (Lipinski definition) is 1. The fourth-order valence-corrected chi connectivity index (χ4v) is 0.865. The molecular formula is C8H18IN3. The van der Waals surface area contributed by atoms with Crippen LogP contribution in [0, 0.1) is 0 Å². The lowest BCUT2D eigenvalue weighted by molar-refractivity contribution is 0.698. The van der Waals surface area contributed by atoms with Gasteiger partial charge in [-0.25, -0.2) is 0 Å². The summed E-state index contributed by atoms with van der Waals surface area (Å²) in [6.07, 6.45) is 2.58. The Morgan fingerprint density at radius 2 is 2.00 bits per heavy atom. The van der Waals surface area contributed by atoms with Crippen LogP contribution in [0.3, 0.4) is 0 Å². The van der Waals surface area contributed by atoms with Crippen molar-refractivity contribution in [1.82, 2.24) is 10.6 Å². The fraction of sp³-hybridized carbons (Fsp3) is 0.875. The van der Waals surface area contributed by atoms with Crippen LogP contribution in [0.2, 0.25) is 0 Å². The van der Waals surface area contributed by atoms with Crippen LogP contribution in [0.15, 0.2) is 4.99 Å². The summed E-state index contributed by atoms with van der Waals surface area (Å²) in [6, 6.07) is 1.14. The predicted octanol–water partition coefficient (Wildman–Crippen LogP) is 1.34. The predicted molar refractivity (Wildman–Crippen MR) is 63.2 cm³/mol. The highest BCUT2D eigenvalue weighted by atomic mass is 127. The van der Waals surface area contributed by atoms with E-state index in [0.717, 1.165) is 5.96 Å². The standard InChI is InChI=1S/C8H17N3.HI/c1-6(2)10-8(9-3)11-7-4-5-7;/h6-7H,4-5H2,1-3H3,(H2,9,10,11);1H. The van der Waals surface area contributed by atoms with E-state index in [2.05, 4.69) is 29.5 Å². The smallest absolute Gasteiger partial charge is 0.191 e. The molecule has 1 saturated carbocycles. The summed E-state index contributed by atoms with van der Waals surface area (Å²) in [7, 11) is 1.81. The molecule has 1 aliphatic carbocycles. The minimum Gasteiger partial charge on any atom is -0.354 e. The van der Waals surface area contributed by atoms with Crippen LogP contribution < -0.4 is 10.6 Å². The normalized spacial score (nSPS) is 17.2. The van der Waals surface area contributed by atoms with Crippen molar-refractivity contribution in [2.75, 3.05) is 7.05 Å². The first-order chi connectivity index (χ1) is 5.22. The lowest BCUT2D eigenvalue weighted by atomic mass is 10.4. The lowest BCUT2D eigenvalue weighted by Gasteiger charge is -2.13. The summed E-state index contributed by atoms with van der Waals surface area (Å²) in [5.41, 5.74) is 0. The number of hydrogen-bond donors (Lipinski definition) is 2. The topological polar surface area (TPSA) is 36.4 Å². The van der Waals surface area contributed by atoms with Gasteiger partial charge >= 0.3 is 0 Å². The van der Waals surface area contributed by atoms with Crippen molar-refractivity contribution < 1.29 is 0 Å². The largest absolute Gasteiger partial charge is 0.354 e. The second-order valence-electron chi connectivity index (χ2n) is 3.29. The number of guanidine groups is 1. The Bertz CT molecular complexity index is 146. The number of nitrogens with one attached hydrogen (secondary N) is 2. The highest BCUT2D eigenvalue weighted by Crippen LogP contribution is 2.18. The van der Waals surface area contributed by atoms with Gasteiger partial charge in [0.15, 0.2) is 5.96 Å². The SMILES string of the molecule is CN=C(NC(C)C)NC1CC1.I. The second kappa shape index (κ2) is 5.61. The van der Waals surface area contributed by atoms with Gasteiger partial charge in [-0.05, 0) is 26.7 Å². The number of rotatable bonds is 2. The zero-order chi connectivity index (χ0) is 8.27. The monoisotopic (exact) mass is 283 g/mol. The quantitative estimate of drug-likeness (QED) is 0.456. The first kappa shape index (κ1) is 12.0. The summed E-state index contributed by atoms with van der Waals surface area (Å²) in [4.78, 5) is 4.10. The summed E-state index contributed by atoms with van der Waals surface area (Å²) >= 11 is 0. The van der Waals surface area contributed by atoms with E-state index in [-0.39, 0.29) is 24.0 Å². The maximum atomic E-state index is 4.10. The van der Waals surface area contributed by atoms with Crippen molar-refractivity contribution in [1.29, 1.82) is 0 Å². The molecule has 0 heterocycles. The van der Waals surface area contributed by atoms with E-state index in [1.165, 1.54) is 12.8 Å². The maximum absolute atomic E-state index is 4.10. The molecule has 0 aliphatic heterocycles.